The summed E-state index contributed by atoms with van der Waals surface area (Å²) in [5, 5.41) is 12.0. The molecule has 2 aromatic heterocycles. The number of carbonyl (C=O) groups is 1. The summed E-state index contributed by atoms with van der Waals surface area (Å²) in [6, 6.07) is -0.278. The van der Waals surface area contributed by atoms with Gasteiger partial charge in [0.25, 0.3) is 5.91 Å². The molecule has 0 bridgehead atoms. The second-order valence-electron chi connectivity index (χ2n) is 3.61. The fraction of sp³-hybridized carbons (Fsp3) is 0.300. The molecule has 18 heavy (non-hydrogen) atoms. The minimum Gasteiger partial charge on any atom is -0.372 e. The molecule has 94 valence electrons. The van der Waals surface area contributed by atoms with Crippen molar-refractivity contribution in [2.45, 2.75) is 13.0 Å². The fourth-order valence-corrected chi connectivity index (χ4v) is 1.36. The zero-order valence-electron chi connectivity index (χ0n) is 10.0. The SMILES string of the molecule is CNc1cncc(C(=O)NC(C)c2ncn[nH]2)n1. The van der Waals surface area contributed by atoms with Gasteiger partial charge in [-0.15, -0.1) is 0 Å². The van der Waals surface area contributed by atoms with Crippen LogP contribution in [0.5, 0.6) is 0 Å². The van der Waals surface area contributed by atoms with Crippen molar-refractivity contribution >= 4 is 11.7 Å². The van der Waals surface area contributed by atoms with Gasteiger partial charge in [-0.05, 0) is 6.92 Å². The highest BCUT2D eigenvalue weighted by Crippen LogP contribution is 2.06. The molecule has 0 aliphatic rings. The number of nitrogens with one attached hydrogen (secondary N) is 3. The van der Waals surface area contributed by atoms with Crippen molar-refractivity contribution in [1.29, 1.82) is 0 Å². The number of amides is 1. The number of anilines is 1. The number of carbonyl (C=O) groups excluding carboxylic acids is 1. The Hall–Kier alpha value is -2.51. The van der Waals surface area contributed by atoms with Crippen LogP contribution in [0, 0.1) is 0 Å². The van der Waals surface area contributed by atoms with Crippen LogP contribution in [0.4, 0.5) is 5.82 Å². The molecule has 2 heterocycles. The van der Waals surface area contributed by atoms with E-state index >= 15 is 0 Å². The highest BCUT2D eigenvalue weighted by atomic mass is 16.2. The molecule has 1 amide bonds. The van der Waals surface area contributed by atoms with Crippen LogP contribution in [0.15, 0.2) is 18.7 Å². The van der Waals surface area contributed by atoms with Gasteiger partial charge in [-0.25, -0.2) is 9.97 Å². The summed E-state index contributed by atoms with van der Waals surface area (Å²) >= 11 is 0. The number of H-pyrrole nitrogens is 1. The topological polar surface area (TPSA) is 108 Å². The summed E-state index contributed by atoms with van der Waals surface area (Å²) < 4.78 is 0. The van der Waals surface area contributed by atoms with Crippen molar-refractivity contribution in [2.24, 2.45) is 0 Å². The number of aromatic nitrogens is 5. The van der Waals surface area contributed by atoms with Gasteiger partial charge in [0, 0.05) is 7.05 Å². The third-order valence-electron chi connectivity index (χ3n) is 2.31. The van der Waals surface area contributed by atoms with Gasteiger partial charge in [-0.2, -0.15) is 5.10 Å². The highest BCUT2D eigenvalue weighted by Gasteiger charge is 2.14. The standard InChI is InChI=1S/C10H13N7O/c1-6(9-13-5-14-17-9)15-10(18)7-3-12-4-8(11-2)16-7/h3-6H,1-2H3,(H,11,16)(H,15,18)(H,13,14,17). The molecule has 2 aromatic rings. The molecule has 0 aromatic carbocycles. The predicted molar refractivity (Wildman–Crippen MR) is 63.8 cm³/mol. The van der Waals surface area contributed by atoms with E-state index in [1.807, 2.05) is 0 Å². The van der Waals surface area contributed by atoms with Crippen molar-refractivity contribution in [3.8, 4) is 0 Å². The summed E-state index contributed by atoms with van der Waals surface area (Å²) in [4.78, 5) is 23.9. The first-order valence-corrected chi connectivity index (χ1v) is 5.36. The molecule has 1 unspecified atom stereocenters. The zero-order chi connectivity index (χ0) is 13.0. The molecule has 0 spiro atoms. The van der Waals surface area contributed by atoms with Crippen LogP contribution in [0.2, 0.25) is 0 Å². The summed E-state index contributed by atoms with van der Waals surface area (Å²) in [6.45, 7) is 1.80. The number of nitrogens with zero attached hydrogens (tertiary/aromatic N) is 4. The lowest BCUT2D eigenvalue weighted by Gasteiger charge is -2.10. The first-order valence-electron chi connectivity index (χ1n) is 5.36. The van der Waals surface area contributed by atoms with Crippen LogP contribution in [-0.4, -0.2) is 38.1 Å². The minimum atomic E-state index is -0.316. The van der Waals surface area contributed by atoms with Gasteiger partial charge in [-0.1, -0.05) is 0 Å². The molecule has 0 saturated heterocycles. The maximum atomic E-state index is 11.9. The lowest BCUT2D eigenvalue weighted by molar-refractivity contribution is 0.0933. The quantitative estimate of drug-likeness (QED) is 0.708. The van der Waals surface area contributed by atoms with Crippen LogP contribution in [0.3, 0.4) is 0 Å². The van der Waals surface area contributed by atoms with E-state index in [1.54, 1.807) is 14.0 Å². The Morgan fingerprint density at radius 1 is 1.44 bits per heavy atom. The van der Waals surface area contributed by atoms with Gasteiger partial charge >= 0.3 is 0 Å². The number of aromatic amines is 1. The zero-order valence-corrected chi connectivity index (χ0v) is 10.0. The predicted octanol–water partition coefficient (Wildman–Crippen LogP) is 0.127. The van der Waals surface area contributed by atoms with E-state index in [1.165, 1.54) is 18.7 Å². The summed E-state index contributed by atoms with van der Waals surface area (Å²) in [5.74, 6) is 0.805. The van der Waals surface area contributed by atoms with E-state index in [0.29, 0.717) is 11.6 Å². The molecule has 0 radical (unpaired) electrons. The number of hydrogen-bond acceptors (Lipinski definition) is 6. The lowest BCUT2D eigenvalue weighted by Crippen LogP contribution is -2.28. The average Bonchev–Trinajstić information content (AvgIpc) is 2.92. The molecule has 1 atom stereocenters. The first kappa shape index (κ1) is 12.0. The number of rotatable bonds is 4. The van der Waals surface area contributed by atoms with Gasteiger partial charge in [0.15, 0.2) is 0 Å². The fourth-order valence-electron chi connectivity index (χ4n) is 1.36. The maximum Gasteiger partial charge on any atom is 0.272 e. The lowest BCUT2D eigenvalue weighted by atomic mass is 10.3. The van der Waals surface area contributed by atoms with E-state index in [0.717, 1.165) is 0 Å². The van der Waals surface area contributed by atoms with E-state index in [4.69, 9.17) is 0 Å². The third-order valence-corrected chi connectivity index (χ3v) is 2.31. The third kappa shape index (κ3) is 2.59. The monoisotopic (exact) mass is 247 g/mol. The van der Waals surface area contributed by atoms with Crippen molar-refractivity contribution in [3.05, 3.63) is 30.2 Å². The average molecular weight is 247 g/mol. The van der Waals surface area contributed by atoms with Crippen LogP contribution in [0.1, 0.15) is 29.3 Å². The second-order valence-corrected chi connectivity index (χ2v) is 3.61. The van der Waals surface area contributed by atoms with E-state index in [9.17, 15) is 4.79 Å². The van der Waals surface area contributed by atoms with Crippen molar-refractivity contribution in [3.63, 3.8) is 0 Å². The normalized spacial score (nSPS) is 11.9. The second kappa shape index (κ2) is 5.21. The minimum absolute atomic E-state index is 0.244. The van der Waals surface area contributed by atoms with Crippen molar-refractivity contribution in [2.75, 3.05) is 12.4 Å². The molecular formula is C10H13N7O. The van der Waals surface area contributed by atoms with Gasteiger partial charge < -0.3 is 10.6 Å². The smallest absolute Gasteiger partial charge is 0.272 e. The highest BCUT2D eigenvalue weighted by molar-refractivity contribution is 5.92. The van der Waals surface area contributed by atoms with Crippen LogP contribution in [-0.2, 0) is 0 Å². The van der Waals surface area contributed by atoms with E-state index in [-0.39, 0.29) is 17.6 Å². The Labute approximate surface area is 103 Å². The van der Waals surface area contributed by atoms with Crippen LogP contribution in [0.25, 0.3) is 0 Å². The molecule has 0 aliphatic carbocycles. The molecule has 2 rings (SSSR count). The van der Waals surface area contributed by atoms with Crippen LogP contribution >= 0.6 is 0 Å². The molecule has 8 nitrogen and oxygen atoms in total. The first-order chi connectivity index (χ1) is 8.70. The van der Waals surface area contributed by atoms with Gasteiger partial charge in [0.05, 0.1) is 18.4 Å². The molecule has 0 saturated carbocycles. The Morgan fingerprint density at radius 3 is 2.94 bits per heavy atom. The van der Waals surface area contributed by atoms with Gasteiger partial charge in [-0.3, -0.25) is 14.9 Å². The van der Waals surface area contributed by atoms with Crippen molar-refractivity contribution < 1.29 is 4.79 Å². The summed E-state index contributed by atoms with van der Waals surface area (Å²) in [5.41, 5.74) is 0.244. The molecule has 0 fully saturated rings. The maximum absolute atomic E-state index is 11.9. The summed E-state index contributed by atoms with van der Waals surface area (Å²) in [6.07, 6.45) is 4.33. The van der Waals surface area contributed by atoms with Gasteiger partial charge in [0.1, 0.15) is 23.7 Å². The van der Waals surface area contributed by atoms with E-state index in [2.05, 4.69) is 35.8 Å². The molecule has 8 heteroatoms. The largest absolute Gasteiger partial charge is 0.372 e. The Balaban J connectivity index is 2.07. The Morgan fingerprint density at radius 2 is 2.28 bits per heavy atom. The Bertz CT molecular complexity index is 525. The molecule has 3 N–H and O–H groups in total. The summed E-state index contributed by atoms with van der Waals surface area (Å²) in [7, 11) is 1.71. The van der Waals surface area contributed by atoms with Crippen molar-refractivity contribution in [1.82, 2.24) is 30.5 Å². The van der Waals surface area contributed by atoms with Crippen LogP contribution < -0.4 is 10.6 Å². The molecular weight excluding hydrogens is 234 g/mol. The molecule has 0 aliphatic heterocycles. The number of hydrogen-bond donors (Lipinski definition) is 3. The van der Waals surface area contributed by atoms with Gasteiger partial charge in [0.2, 0.25) is 0 Å². The van der Waals surface area contributed by atoms with E-state index < -0.39 is 0 Å². The Kier molecular flexibility index (Phi) is 3.46.